The van der Waals surface area contributed by atoms with E-state index in [4.69, 9.17) is 16.7 Å². The summed E-state index contributed by atoms with van der Waals surface area (Å²) in [5.74, 6) is -0.0490. The Morgan fingerprint density at radius 3 is 2.89 bits per heavy atom. The van der Waals surface area contributed by atoms with Gasteiger partial charge in [0, 0.05) is 35.0 Å². The Morgan fingerprint density at radius 2 is 2.33 bits per heavy atom. The predicted molar refractivity (Wildman–Crippen MR) is 72.8 cm³/mol. The molecule has 18 heavy (non-hydrogen) atoms. The van der Waals surface area contributed by atoms with Crippen LogP contribution in [0.4, 0.5) is 5.82 Å². The number of aromatic carboxylic acids is 1. The maximum atomic E-state index is 11.0. The number of nitrogens with zero attached hydrogens (tertiary/aromatic N) is 1. The molecule has 2 unspecified atom stereocenters. The number of nitrogens with one attached hydrogen (secondary N) is 1. The topological polar surface area (TPSA) is 79.3 Å². The molecule has 1 heterocycles. The Kier molecular flexibility index (Phi) is 5.55. The molecule has 0 aliphatic carbocycles. The van der Waals surface area contributed by atoms with Crippen molar-refractivity contribution in [3.63, 3.8) is 0 Å². The van der Waals surface area contributed by atoms with E-state index in [1.165, 1.54) is 12.3 Å². The largest absolute Gasteiger partial charge is 0.478 e. The molecular formula is C11H15ClN2O3S. The highest BCUT2D eigenvalue weighted by Crippen LogP contribution is 2.18. The zero-order valence-electron chi connectivity index (χ0n) is 10.1. The van der Waals surface area contributed by atoms with Crippen molar-refractivity contribution in [2.75, 3.05) is 17.3 Å². The van der Waals surface area contributed by atoms with Crippen LogP contribution in [0.3, 0.4) is 0 Å². The van der Waals surface area contributed by atoms with Crippen molar-refractivity contribution >= 4 is 34.2 Å². The third-order valence-electron chi connectivity index (χ3n) is 2.32. The fourth-order valence-corrected chi connectivity index (χ4v) is 2.22. The molecule has 2 atom stereocenters. The highest BCUT2D eigenvalue weighted by Gasteiger charge is 2.11. The molecule has 0 saturated carbocycles. The van der Waals surface area contributed by atoms with E-state index in [0.717, 1.165) is 6.42 Å². The summed E-state index contributed by atoms with van der Waals surface area (Å²) in [6.07, 6.45) is 3.67. The van der Waals surface area contributed by atoms with Crippen molar-refractivity contribution in [2.24, 2.45) is 0 Å². The molecule has 0 fully saturated rings. The van der Waals surface area contributed by atoms with Gasteiger partial charge in [0.15, 0.2) is 0 Å². The number of anilines is 1. The number of halogens is 1. The molecular weight excluding hydrogens is 276 g/mol. The Morgan fingerprint density at radius 1 is 1.67 bits per heavy atom. The molecule has 0 saturated heterocycles. The fraction of sp³-hybridized carbons (Fsp3) is 0.455. The summed E-state index contributed by atoms with van der Waals surface area (Å²) in [6, 6.07) is 1.45. The molecule has 0 bridgehead atoms. The fourth-order valence-electron chi connectivity index (χ4n) is 1.35. The minimum Gasteiger partial charge on any atom is -0.478 e. The van der Waals surface area contributed by atoms with Crippen LogP contribution >= 0.6 is 11.6 Å². The van der Waals surface area contributed by atoms with Gasteiger partial charge in [0.1, 0.15) is 5.82 Å². The van der Waals surface area contributed by atoms with Gasteiger partial charge in [0.25, 0.3) is 0 Å². The minimum atomic E-state index is -1.09. The first kappa shape index (κ1) is 14.9. The second-order valence-corrected chi connectivity index (χ2v) is 5.93. The molecule has 1 aromatic heterocycles. The molecule has 100 valence electrons. The van der Waals surface area contributed by atoms with Gasteiger partial charge in [-0.2, -0.15) is 0 Å². The quantitative estimate of drug-likeness (QED) is 0.838. The zero-order valence-corrected chi connectivity index (χ0v) is 11.7. The molecule has 1 rings (SSSR count). The molecule has 7 heteroatoms. The Balaban J connectivity index is 2.70. The van der Waals surface area contributed by atoms with E-state index in [-0.39, 0.29) is 16.6 Å². The molecule has 0 radical (unpaired) electrons. The number of carboxylic acids is 1. The van der Waals surface area contributed by atoms with Crippen molar-refractivity contribution in [2.45, 2.75) is 19.4 Å². The number of hydrogen-bond acceptors (Lipinski definition) is 4. The number of carbonyl (C=O) groups is 1. The molecule has 0 aliphatic heterocycles. The van der Waals surface area contributed by atoms with Crippen LogP contribution in [-0.2, 0) is 10.8 Å². The van der Waals surface area contributed by atoms with Crippen molar-refractivity contribution in [3.05, 3.63) is 22.8 Å². The highest BCUT2D eigenvalue weighted by molar-refractivity contribution is 7.84. The second kappa shape index (κ2) is 6.70. The monoisotopic (exact) mass is 290 g/mol. The summed E-state index contributed by atoms with van der Waals surface area (Å²) < 4.78 is 11.0. The van der Waals surface area contributed by atoms with Gasteiger partial charge in [-0.15, -0.1) is 0 Å². The van der Waals surface area contributed by atoms with Crippen molar-refractivity contribution < 1.29 is 14.1 Å². The van der Waals surface area contributed by atoms with Gasteiger partial charge in [0.05, 0.1) is 10.6 Å². The van der Waals surface area contributed by atoms with Gasteiger partial charge in [-0.05, 0) is 19.4 Å². The lowest BCUT2D eigenvalue weighted by Crippen LogP contribution is -2.19. The summed E-state index contributed by atoms with van der Waals surface area (Å²) in [5, 5.41) is 12.1. The molecule has 1 aromatic rings. The summed E-state index contributed by atoms with van der Waals surface area (Å²) in [5.41, 5.74) is 0.0143. The first-order valence-corrected chi connectivity index (χ1v) is 7.46. The Hall–Kier alpha value is -1.14. The number of rotatable bonds is 6. The smallest absolute Gasteiger partial charge is 0.337 e. The summed E-state index contributed by atoms with van der Waals surface area (Å²) in [4.78, 5) is 14.9. The van der Waals surface area contributed by atoms with Gasteiger partial charge < -0.3 is 10.4 Å². The van der Waals surface area contributed by atoms with Gasteiger partial charge in [-0.3, -0.25) is 4.21 Å². The predicted octanol–water partition coefficient (Wildman–Crippen LogP) is 2.00. The van der Waals surface area contributed by atoms with Crippen LogP contribution in [0.5, 0.6) is 0 Å². The van der Waals surface area contributed by atoms with Crippen LogP contribution < -0.4 is 5.32 Å². The van der Waals surface area contributed by atoms with Crippen molar-refractivity contribution in [3.8, 4) is 0 Å². The van der Waals surface area contributed by atoms with Crippen LogP contribution in [-0.4, -0.2) is 38.3 Å². The van der Waals surface area contributed by atoms with Crippen LogP contribution in [0, 0.1) is 0 Å². The summed E-state index contributed by atoms with van der Waals surface area (Å²) in [6.45, 7) is 1.92. The first-order chi connectivity index (χ1) is 8.40. The van der Waals surface area contributed by atoms with E-state index < -0.39 is 16.8 Å². The lowest BCUT2D eigenvalue weighted by molar-refractivity contribution is 0.0697. The van der Waals surface area contributed by atoms with Crippen LogP contribution in [0.15, 0.2) is 12.3 Å². The molecule has 0 aliphatic rings. The zero-order chi connectivity index (χ0) is 13.7. The van der Waals surface area contributed by atoms with E-state index in [1.807, 2.05) is 6.92 Å². The average molecular weight is 291 g/mol. The summed E-state index contributed by atoms with van der Waals surface area (Å²) in [7, 11) is -0.835. The van der Waals surface area contributed by atoms with E-state index in [0.29, 0.717) is 11.6 Å². The third kappa shape index (κ3) is 4.62. The molecule has 0 amide bonds. The minimum absolute atomic E-state index is 0.0143. The van der Waals surface area contributed by atoms with Crippen LogP contribution in [0.2, 0.25) is 5.02 Å². The maximum absolute atomic E-state index is 11.0. The normalized spacial score (nSPS) is 13.9. The van der Waals surface area contributed by atoms with Crippen molar-refractivity contribution in [1.82, 2.24) is 4.98 Å². The molecule has 5 nitrogen and oxygen atoms in total. The Labute approximate surface area is 113 Å². The number of carboxylic acid groups (broad SMARTS) is 1. The number of pyridine rings is 1. The van der Waals surface area contributed by atoms with Gasteiger partial charge >= 0.3 is 5.97 Å². The Bertz CT molecular complexity index is 468. The van der Waals surface area contributed by atoms with Gasteiger partial charge in [-0.25, -0.2) is 9.78 Å². The lowest BCUT2D eigenvalue weighted by atomic mass is 10.2. The highest BCUT2D eigenvalue weighted by atomic mass is 35.5. The van der Waals surface area contributed by atoms with Crippen LogP contribution in [0.25, 0.3) is 0 Å². The first-order valence-electron chi connectivity index (χ1n) is 5.35. The van der Waals surface area contributed by atoms with Gasteiger partial charge in [-0.1, -0.05) is 11.6 Å². The average Bonchev–Trinajstić information content (AvgIpc) is 2.28. The SMILES string of the molecule is CC(CCS(C)=O)Nc1cc(C(=O)O)c(Cl)cn1. The second-order valence-electron chi connectivity index (χ2n) is 3.97. The van der Waals surface area contributed by atoms with E-state index >= 15 is 0 Å². The molecule has 2 N–H and O–H groups in total. The van der Waals surface area contributed by atoms with Crippen LogP contribution in [0.1, 0.15) is 23.7 Å². The van der Waals surface area contributed by atoms with E-state index in [2.05, 4.69) is 10.3 Å². The maximum Gasteiger partial charge on any atom is 0.337 e. The number of aromatic nitrogens is 1. The van der Waals surface area contributed by atoms with E-state index in [9.17, 15) is 9.00 Å². The lowest BCUT2D eigenvalue weighted by Gasteiger charge is -2.14. The van der Waals surface area contributed by atoms with E-state index in [1.54, 1.807) is 6.26 Å². The molecule has 0 aromatic carbocycles. The standard InChI is InChI=1S/C11H15ClN2O3S/c1-7(3-4-18(2)17)14-10-5-8(11(15)16)9(12)6-13-10/h5-7H,3-4H2,1-2H3,(H,13,14)(H,15,16). The van der Waals surface area contributed by atoms with Crippen molar-refractivity contribution in [1.29, 1.82) is 0 Å². The van der Waals surface area contributed by atoms with Gasteiger partial charge in [0.2, 0.25) is 0 Å². The summed E-state index contributed by atoms with van der Waals surface area (Å²) >= 11 is 5.72. The third-order valence-corrected chi connectivity index (χ3v) is 3.43. The number of hydrogen-bond donors (Lipinski definition) is 2. The molecule has 0 spiro atoms.